The lowest BCUT2D eigenvalue weighted by molar-refractivity contribution is -0.386. The van der Waals surface area contributed by atoms with Crippen molar-refractivity contribution in [2.45, 2.75) is 19.9 Å². The quantitative estimate of drug-likeness (QED) is 0.278. The molecular weight excluding hydrogens is 340 g/mol. The maximum atomic E-state index is 12.8. The third-order valence-electron chi connectivity index (χ3n) is 3.18. The van der Waals surface area contributed by atoms with Crippen LogP contribution in [0.15, 0.2) is 35.5 Å². The van der Waals surface area contributed by atoms with E-state index in [2.05, 4.69) is 15.1 Å². The van der Waals surface area contributed by atoms with Crippen molar-refractivity contribution in [2.24, 2.45) is 10.9 Å². The Kier molecular flexibility index (Phi) is 5.37. The third kappa shape index (κ3) is 4.13. The Morgan fingerprint density at radius 2 is 2.08 bits per heavy atom. The molecule has 2 N–H and O–H groups in total. The number of hydrogen-bond donors (Lipinski definition) is 1. The molecule has 1 heterocycles. The van der Waals surface area contributed by atoms with Crippen molar-refractivity contribution in [3.05, 3.63) is 57.4 Å². The van der Waals surface area contributed by atoms with E-state index < -0.39 is 35.2 Å². The van der Waals surface area contributed by atoms with Crippen LogP contribution in [0.2, 0.25) is 0 Å². The van der Waals surface area contributed by atoms with E-state index in [0.29, 0.717) is 5.56 Å². The molecule has 2 aromatic rings. The minimum absolute atomic E-state index is 0.0645. The van der Waals surface area contributed by atoms with Gasteiger partial charge in [0.15, 0.2) is 5.84 Å². The van der Waals surface area contributed by atoms with Gasteiger partial charge >= 0.3 is 11.7 Å². The lowest BCUT2D eigenvalue weighted by Gasteiger charge is -2.02. The highest BCUT2D eigenvalue weighted by Crippen LogP contribution is 2.30. The Morgan fingerprint density at radius 1 is 1.44 bits per heavy atom. The van der Waals surface area contributed by atoms with E-state index in [1.165, 1.54) is 6.92 Å². The number of carbonyl (C=O) groups is 1. The number of carbonyl (C=O) groups excluding carboxylic acids is 1. The molecule has 1 aromatic heterocycles. The fourth-order valence-corrected chi connectivity index (χ4v) is 2.00. The number of oxime groups is 1. The molecular formula is C14H13F2N5O4. The standard InChI is InChI=1S/C14H13F2N5O4/c1-8-12(21(23)24)11(13(15)16)18-20(8)7-10(22)25-19-14(17)9-5-3-2-4-6-9/h2-6,13H,7H2,1H3,(H2,17,19). The molecule has 132 valence electrons. The van der Waals surface area contributed by atoms with E-state index in [-0.39, 0.29) is 11.5 Å². The summed E-state index contributed by atoms with van der Waals surface area (Å²) in [4.78, 5) is 26.3. The van der Waals surface area contributed by atoms with Gasteiger partial charge in [0.1, 0.15) is 12.2 Å². The molecule has 0 aliphatic rings. The minimum atomic E-state index is -3.15. The van der Waals surface area contributed by atoms with Gasteiger partial charge in [0.25, 0.3) is 6.43 Å². The van der Waals surface area contributed by atoms with E-state index in [0.717, 1.165) is 4.68 Å². The number of nitrogens with zero attached hydrogens (tertiary/aromatic N) is 4. The van der Waals surface area contributed by atoms with Gasteiger partial charge in [0, 0.05) is 5.56 Å². The van der Waals surface area contributed by atoms with Crippen molar-refractivity contribution in [1.82, 2.24) is 9.78 Å². The van der Waals surface area contributed by atoms with Crippen LogP contribution in [0.4, 0.5) is 14.5 Å². The van der Waals surface area contributed by atoms with Crippen LogP contribution in [0.5, 0.6) is 0 Å². The molecule has 0 unspecified atom stereocenters. The highest BCUT2D eigenvalue weighted by molar-refractivity contribution is 5.97. The summed E-state index contributed by atoms with van der Waals surface area (Å²) in [5, 5.41) is 17.7. The Labute approximate surface area is 139 Å². The van der Waals surface area contributed by atoms with Gasteiger partial charge in [0.2, 0.25) is 5.69 Å². The third-order valence-corrected chi connectivity index (χ3v) is 3.18. The van der Waals surface area contributed by atoms with Crippen LogP contribution in [-0.4, -0.2) is 26.5 Å². The fraction of sp³-hybridized carbons (Fsp3) is 0.214. The van der Waals surface area contributed by atoms with Gasteiger partial charge in [-0.15, -0.1) is 0 Å². The minimum Gasteiger partial charge on any atom is -0.380 e. The van der Waals surface area contributed by atoms with Crippen molar-refractivity contribution in [3.63, 3.8) is 0 Å². The molecule has 0 radical (unpaired) electrons. The number of amidine groups is 1. The van der Waals surface area contributed by atoms with Gasteiger partial charge in [0.05, 0.1) is 4.92 Å². The van der Waals surface area contributed by atoms with Crippen LogP contribution < -0.4 is 5.73 Å². The van der Waals surface area contributed by atoms with E-state index >= 15 is 0 Å². The summed E-state index contributed by atoms with van der Waals surface area (Å²) in [6, 6.07) is 8.46. The van der Waals surface area contributed by atoms with Gasteiger partial charge < -0.3 is 10.6 Å². The first-order chi connectivity index (χ1) is 11.8. The molecule has 25 heavy (non-hydrogen) atoms. The highest BCUT2D eigenvalue weighted by atomic mass is 19.3. The number of nitrogens with two attached hydrogens (primary N) is 1. The molecule has 2 rings (SSSR count). The van der Waals surface area contributed by atoms with Crippen molar-refractivity contribution in [3.8, 4) is 0 Å². The van der Waals surface area contributed by atoms with Gasteiger partial charge in [-0.25, -0.2) is 13.6 Å². The molecule has 1 aromatic carbocycles. The zero-order valence-corrected chi connectivity index (χ0v) is 12.9. The Morgan fingerprint density at radius 3 is 2.60 bits per heavy atom. The van der Waals surface area contributed by atoms with Crippen LogP contribution in [0.3, 0.4) is 0 Å². The van der Waals surface area contributed by atoms with Gasteiger partial charge in [-0.3, -0.25) is 14.8 Å². The van der Waals surface area contributed by atoms with E-state index in [9.17, 15) is 23.7 Å². The normalized spacial score (nSPS) is 11.6. The monoisotopic (exact) mass is 353 g/mol. The number of aromatic nitrogens is 2. The van der Waals surface area contributed by atoms with Gasteiger partial charge in [-0.2, -0.15) is 5.10 Å². The Balaban J connectivity index is 2.13. The first kappa shape index (κ1) is 18.0. The van der Waals surface area contributed by atoms with Crippen LogP contribution in [0, 0.1) is 17.0 Å². The van der Waals surface area contributed by atoms with Crippen molar-refractivity contribution < 1.29 is 23.3 Å². The summed E-state index contributed by atoms with van der Waals surface area (Å²) < 4.78 is 26.4. The van der Waals surface area contributed by atoms with Crippen LogP contribution in [0.25, 0.3) is 0 Å². The Bertz CT molecular complexity index is 820. The zero-order chi connectivity index (χ0) is 18.6. The summed E-state index contributed by atoms with van der Waals surface area (Å²) in [7, 11) is 0. The largest absolute Gasteiger partial charge is 0.380 e. The summed E-state index contributed by atoms with van der Waals surface area (Å²) in [5.74, 6) is -1.04. The second-order valence-corrected chi connectivity index (χ2v) is 4.84. The molecule has 0 spiro atoms. The molecule has 0 amide bonds. The average Bonchev–Trinajstić information content (AvgIpc) is 2.90. The zero-order valence-electron chi connectivity index (χ0n) is 12.9. The van der Waals surface area contributed by atoms with Gasteiger partial charge in [-0.1, -0.05) is 35.5 Å². The van der Waals surface area contributed by atoms with E-state index in [4.69, 9.17) is 5.73 Å². The number of rotatable bonds is 6. The number of hydrogen-bond acceptors (Lipinski definition) is 6. The predicted octanol–water partition coefficient (Wildman–Crippen LogP) is 1.90. The maximum absolute atomic E-state index is 12.8. The molecule has 0 atom stereocenters. The molecule has 0 saturated carbocycles. The molecule has 0 aliphatic carbocycles. The molecule has 9 nitrogen and oxygen atoms in total. The lowest BCUT2D eigenvalue weighted by Crippen LogP contribution is -2.18. The number of benzene rings is 1. The first-order valence-electron chi connectivity index (χ1n) is 6.89. The average molecular weight is 353 g/mol. The fourth-order valence-electron chi connectivity index (χ4n) is 2.00. The van der Waals surface area contributed by atoms with Gasteiger partial charge in [-0.05, 0) is 6.92 Å². The van der Waals surface area contributed by atoms with E-state index in [1.54, 1.807) is 30.3 Å². The molecule has 0 bridgehead atoms. The summed E-state index contributed by atoms with van der Waals surface area (Å²) in [5.41, 5.74) is 4.10. The summed E-state index contributed by atoms with van der Waals surface area (Å²) >= 11 is 0. The summed E-state index contributed by atoms with van der Waals surface area (Å²) in [6.45, 7) is 0.566. The molecule has 0 aliphatic heterocycles. The number of nitro groups is 1. The molecule has 0 fully saturated rings. The van der Waals surface area contributed by atoms with Crippen molar-refractivity contribution in [2.75, 3.05) is 0 Å². The topological polar surface area (TPSA) is 126 Å². The first-order valence-corrected chi connectivity index (χ1v) is 6.89. The number of halogens is 2. The lowest BCUT2D eigenvalue weighted by atomic mass is 10.2. The smallest absolute Gasteiger partial charge is 0.356 e. The molecule has 0 saturated heterocycles. The summed E-state index contributed by atoms with van der Waals surface area (Å²) in [6.07, 6.45) is -3.15. The number of alkyl halides is 2. The van der Waals surface area contributed by atoms with E-state index in [1.807, 2.05) is 0 Å². The second-order valence-electron chi connectivity index (χ2n) is 4.84. The van der Waals surface area contributed by atoms with Crippen LogP contribution >= 0.6 is 0 Å². The Hall–Kier alpha value is -3.37. The molecule has 11 heteroatoms. The maximum Gasteiger partial charge on any atom is 0.356 e. The predicted molar refractivity (Wildman–Crippen MR) is 81.8 cm³/mol. The highest BCUT2D eigenvalue weighted by Gasteiger charge is 2.31. The van der Waals surface area contributed by atoms with Crippen LogP contribution in [-0.2, 0) is 16.2 Å². The van der Waals surface area contributed by atoms with Crippen molar-refractivity contribution in [1.29, 1.82) is 0 Å². The van der Waals surface area contributed by atoms with Crippen molar-refractivity contribution >= 4 is 17.5 Å². The second kappa shape index (κ2) is 7.47. The SMILES string of the molecule is Cc1c([N+](=O)[O-])c(C(F)F)nn1CC(=O)O/N=C(\N)c1ccccc1. The van der Waals surface area contributed by atoms with Crippen LogP contribution in [0.1, 0.15) is 23.4 Å².